The number of halogens is 2. The standard InChI is InChI=1S/C23H20F2N4O/c1-30-13-12-27-16-6-7-20-18(14-16)23(28-15-8-10-26-11-9-15)21(25)22(29-20)17-4-2-3-5-19(17)24/h2-11,14,27H,12-13H2,1H3,(H,26,28,29). The summed E-state index contributed by atoms with van der Waals surface area (Å²) in [5.74, 6) is -1.16. The smallest absolute Gasteiger partial charge is 0.173 e. The van der Waals surface area contributed by atoms with Crippen LogP contribution in [-0.4, -0.2) is 30.2 Å². The predicted octanol–water partition coefficient (Wildman–Crippen LogP) is 5.38. The lowest BCUT2D eigenvalue weighted by molar-refractivity contribution is 0.211. The summed E-state index contributed by atoms with van der Waals surface area (Å²) in [6.45, 7) is 1.15. The molecule has 5 nitrogen and oxygen atoms in total. The summed E-state index contributed by atoms with van der Waals surface area (Å²) in [5, 5.41) is 6.92. The van der Waals surface area contributed by atoms with Gasteiger partial charge in [-0.25, -0.2) is 13.8 Å². The van der Waals surface area contributed by atoms with Crippen LogP contribution in [0.4, 0.5) is 25.8 Å². The zero-order valence-electron chi connectivity index (χ0n) is 16.3. The first-order valence-corrected chi connectivity index (χ1v) is 9.45. The third-order valence-electron chi connectivity index (χ3n) is 4.64. The van der Waals surface area contributed by atoms with Gasteiger partial charge in [-0.3, -0.25) is 4.98 Å². The molecule has 0 bridgehead atoms. The number of pyridine rings is 2. The number of aromatic nitrogens is 2. The molecule has 4 rings (SSSR count). The largest absolute Gasteiger partial charge is 0.383 e. The summed E-state index contributed by atoms with van der Waals surface area (Å²) in [4.78, 5) is 8.41. The molecule has 0 fully saturated rings. The molecule has 2 aromatic heterocycles. The molecule has 2 N–H and O–H groups in total. The van der Waals surface area contributed by atoms with Crippen molar-refractivity contribution in [2.24, 2.45) is 0 Å². The SMILES string of the molecule is COCCNc1ccc2nc(-c3ccccc3F)c(F)c(Nc3ccncc3)c2c1. The molecular formula is C23H20F2N4O. The second-order valence-corrected chi connectivity index (χ2v) is 6.64. The minimum Gasteiger partial charge on any atom is -0.383 e. The highest BCUT2D eigenvalue weighted by Gasteiger charge is 2.19. The van der Waals surface area contributed by atoms with Crippen LogP contribution in [0, 0.1) is 11.6 Å². The lowest BCUT2D eigenvalue weighted by Crippen LogP contribution is -2.08. The van der Waals surface area contributed by atoms with E-state index in [1.54, 1.807) is 49.8 Å². The van der Waals surface area contributed by atoms with Gasteiger partial charge in [-0.1, -0.05) is 12.1 Å². The van der Waals surface area contributed by atoms with E-state index in [0.29, 0.717) is 29.7 Å². The second-order valence-electron chi connectivity index (χ2n) is 6.64. The van der Waals surface area contributed by atoms with Gasteiger partial charge in [0.2, 0.25) is 0 Å². The molecule has 0 spiro atoms. The van der Waals surface area contributed by atoms with Gasteiger partial charge in [0, 0.05) is 48.4 Å². The van der Waals surface area contributed by atoms with Gasteiger partial charge in [-0.05, 0) is 42.5 Å². The quantitative estimate of drug-likeness (QED) is 0.404. The molecule has 30 heavy (non-hydrogen) atoms. The number of hydrogen-bond donors (Lipinski definition) is 2. The van der Waals surface area contributed by atoms with Crippen molar-refractivity contribution in [3.05, 3.63) is 78.6 Å². The Labute approximate surface area is 172 Å². The molecule has 4 aromatic rings. The predicted molar refractivity (Wildman–Crippen MR) is 115 cm³/mol. The summed E-state index contributed by atoms with van der Waals surface area (Å²) in [6, 6.07) is 14.9. The van der Waals surface area contributed by atoms with Gasteiger partial charge in [0.25, 0.3) is 0 Å². The normalized spacial score (nSPS) is 10.9. The van der Waals surface area contributed by atoms with Gasteiger partial charge in [0.15, 0.2) is 5.82 Å². The van der Waals surface area contributed by atoms with E-state index in [1.807, 2.05) is 12.1 Å². The van der Waals surface area contributed by atoms with Crippen molar-refractivity contribution in [1.82, 2.24) is 9.97 Å². The van der Waals surface area contributed by atoms with Crippen molar-refractivity contribution >= 4 is 28.0 Å². The number of methoxy groups -OCH3 is 1. The van der Waals surface area contributed by atoms with Crippen molar-refractivity contribution in [2.45, 2.75) is 0 Å². The van der Waals surface area contributed by atoms with Crippen molar-refractivity contribution in [3.8, 4) is 11.3 Å². The molecule has 152 valence electrons. The van der Waals surface area contributed by atoms with E-state index >= 15 is 4.39 Å². The number of hydrogen-bond acceptors (Lipinski definition) is 5. The van der Waals surface area contributed by atoms with Crippen LogP contribution < -0.4 is 10.6 Å². The molecule has 2 heterocycles. The van der Waals surface area contributed by atoms with Gasteiger partial charge in [-0.2, -0.15) is 0 Å². The van der Waals surface area contributed by atoms with E-state index in [9.17, 15) is 4.39 Å². The molecule has 0 aliphatic heterocycles. The van der Waals surface area contributed by atoms with Crippen LogP contribution in [0.15, 0.2) is 67.0 Å². The first-order valence-electron chi connectivity index (χ1n) is 9.45. The number of rotatable bonds is 7. The highest BCUT2D eigenvalue weighted by molar-refractivity contribution is 5.97. The third kappa shape index (κ3) is 4.06. The Morgan fingerprint density at radius 2 is 1.77 bits per heavy atom. The number of nitrogens with zero attached hydrogens (tertiary/aromatic N) is 2. The average Bonchev–Trinajstić information content (AvgIpc) is 2.77. The monoisotopic (exact) mass is 406 g/mol. The Morgan fingerprint density at radius 1 is 0.967 bits per heavy atom. The maximum absolute atomic E-state index is 15.6. The molecule has 0 amide bonds. The molecule has 0 saturated carbocycles. The Bertz CT molecular complexity index is 1170. The van der Waals surface area contributed by atoms with E-state index in [0.717, 1.165) is 5.69 Å². The number of fused-ring (bicyclic) bond motifs is 1. The summed E-state index contributed by atoms with van der Waals surface area (Å²) in [7, 11) is 1.63. The second kappa shape index (κ2) is 8.84. The molecule has 7 heteroatoms. The average molecular weight is 406 g/mol. The molecule has 0 unspecified atom stereocenters. The summed E-state index contributed by atoms with van der Waals surface area (Å²) < 4.78 is 35.1. The van der Waals surface area contributed by atoms with Crippen molar-refractivity contribution in [1.29, 1.82) is 0 Å². The summed E-state index contributed by atoms with van der Waals surface area (Å²) in [6.07, 6.45) is 3.22. The van der Waals surface area contributed by atoms with Crippen LogP contribution in [0.2, 0.25) is 0 Å². The maximum Gasteiger partial charge on any atom is 0.173 e. The summed E-state index contributed by atoms with van der Waals surface area (Å²) in [5.41, 5.74) is 2.29. The molecular weight excluding hydrogens is 386 g/mol. The van der Waals surface area contributed by atoms with E-state index in [2.05, 4.69) is 20.6 Å². The van der Waals surface area contributed by atoms with Crippen molar-refractivity contribution < 1.29 is 13.5 Å². The van der Waals surface area contributed by atoms with E-state index in [-0.39, 0.29) is 16.9 Å². The van der Waals surface area contributed by atoms with Crippen LogP contribution in [0.25, 0.3) is 22.2 Å². The fraction of sp³-hybridized carbons (Fsp3) is 0.130. The Morgan fingerprint density at radius 3 is 2.53 bits per heavy atom. The van der Waals surface area contributed by atoms with Gasteiger partial charge >= 0.3 is 0 Å². The number of anilines is 3. The zero-order valence-corrected chi connectivity index (χ0v) is 16.3. The first kappa shape index (κ1) is 19.7. The Kier molecular flexibility index (Phi) is 5.81. The fourth-order valence-corrected chi connectivity index (χ4v) is 3.18. The summed E-state index contributed by atoms with van der Waals surface area (Å²) >= 11 is 0. The van der Waals surface area contributed by atoms with Crippen molar-refractivity contribution in [2.75, 3.05) is 30.9 Å². The van der Waals surface area contributed by atoms with Crippen LogP contribution in [0.1, 0.15) is 0 Å². The van der Waals surface area contributed by atoms with Gasteiger partial charge < -0.3 is 15.4 Å². The number of benzene rings is 2. The first-order chi connectivity index (χ1) is 14.7. The van der Waals surface area contributed by atoms with Gasteiger partial charge in [0.05, 0.1) is 17.8 Å². The highest BCUT2D eigenvalue weighted by Crippen LogP contribution is 2.36. The molecule has 0 aliphatic rings. The minimum atomic E-state index is -0.626. The van der Waals surface area contributed by atoms with Crippen molar-refractivity contribution in [3.63, 3.8) is 0 Å². The Hall–Kier alpha value is -3.58. The molecule has 2 aromatic carbocycles. The minimum absolute atomic E-state index is 0.0442. The third-order valence-corrected chi connectivity index (χ3v) is 4.64. The molecule has 0 radical (unpaired) electrons. The van der Waals surface area contributed by atoms with E-state index < -0.39 is 11.6 Å². The molecule has 0 saturated heterocycles. The van der Waals surface area contributed by atoms with Crippen LogP contribution in [-0.2, 0) is 4.74 Å². The lowest BCUT2D eigenvalue weighted by atomic mass is 10.1. The lowest BCUT2D eigenvalue weighted by Gasteiger charge is -2.16. The van der Waals surface area contributed by atoms with E-state index in [4.69, 9.17) is 4.74 Å². The van der Waals surface area contributed by atoms with Crippen LogP contribution in [0.5, 0.6) is 0 Å². The van der Waals surface area contributed by atoms with Crippen LogP contribution >= 0.6 is 0 Å². The molecule has 0 atom stereocenters. The Balaban J connectivity index is 1.88. The highest BCUT2D eigenvalue weighted by atomic mass is 19.1. The van der Waals surface area contributed by atoms with Crippen LogP contribution in [0.3, 0.4) is 0 Å². The maximum atomic E-state index is 15.6. The number of nitrogens with one attached hydrogen (secondary N) is 2. The fourth-order valence-electron chi connectivity index (χ4n) is 3.18. The zero-order chi connectivity index (χ0) is 20.9. The van der Waals surface area contributed by atoms with E-state index in [1.165, 1.54) is 12.1 Å². The number of ether oxygens (including phenoxy) is 1. The van der Waals surface area contributed by atoms with Gasteiger partial charge in [0.1, 0.15) is 11.5 Å². The molecule has 0 aliphatic carbocycles. The van der Waals surface area contributed by atoms with Gasteiger partial charge in [-0.15, -0.1) is 0 Å². The topological polar surface area (TPSA) is 59.1 Å².